The summed E-state index contributed by atoms with van der Waals surface area (Å²) < 4.78 is 5.92. The molecule has 0 spiro atoms. The molecule has 0 bridgehead atoms. The number of aliphatic hydroxyl groups is 1. The van der Waals surface area contributed by atoms with Crippen LogP contribution in [0.5, 0.6) is 0 Å². The molecule has 1 heterocycles. The first kappa shape index (κ1) is 14.3. The van der Waals surface area contributed by atoms with E-state index >= 15 is 0 Å². The van der Waals surface area contributed by atoms with Gasteiger partial charge in [-0.2, -0.15) is 0 Å². The van der Waals surface area contributed by atoms with E-state index in [9.17, 15) is 9.90 Å². The second kappa shape index (κ2) is 6.39. The Bertz CT molecular complexity index is 469. The lowest BCUT2D eigenvalue weighted by Crippen LogP contribution is -2.45. The predicted octanol–water partition coefficient (Wildman–Crippen LogP) is 2.82. The molecule has 1 aromatic rings. The Hall–Kier alpha value is -1.07. The summed E-state index contributed by atoms with van der Waals surface area (Å²) in [7, 11) is 1.74. The van der Waals surface area contributed by atoms with Crippen LogP contribution in [0.25, 0.3) is 6.08 Å². The molecule has 2 unspecified atom stereocenters. The number of rotatable bonds is 3. The Labute approximate surface area is 121 Å². The maximum absolute atomic E-state index is 12.0. The number of carbonyl (C=O) groups excluding carboxylic acids is 1. The van der Waals surface area contributed by atoms with E-state index in [1.54, 1.807) is 30.2 Å². The summed E-state index contributed by atoms with van der Waals surface area (Å²) in [5.41, 5.74) is 0. The van der Waals surface area contributed by atoms with Crippen LogP contribution in [0, 0.1) is 0 Å². The van der Waals surface area contributed by atoms with Crippen LogP contribution in [-0.4, -0.2) is 35.1 Å². The minimum atomic E-state index is -0.408. The van der Waals surface area contributed by atoms with Crippen molar-refractivity contribution < 1.29 is 14.3 Å². The summed E-state index contributed by atoms with van der Waals surface area (Å²) in [4.78, 5) is 13.7. The molecule has 1 N–H and O–H groups in total. The molecule has 4 nitrogen and oxygen atoms in total. The van der Waals surface area contributed by atoms with Crippen LogP contribution in [0.15, 0.2) is 27.3 Å². The largest absolute Gasteiger partial charge is 0.450 e. The molecule has 2 atom stereocenters. The van der Waals surface area contributed by atoms with E-state index in [0.29, 0.717) is 10.4 Å². The Morgan fingerprint density at radius 3 is 2.84 bits per heavy atom. The molecule has 1 saturated carbocycles. The number of nitrogens with zero attached hydrogens (tertiary/aromatic N) is 1. The van der Waals surface area contributed by atoms with Gasteiger partial charge in [0.1, 0.15) is 5.76 Å². The number of carbonyl (C=O) groups is 1. The van der Waals surface area contributed by atoms with Gasteiger partial charge in [0.25, 0.3) is 0 Å². The number of furan rings is 1. The molecule has 0 saturated heterocycles. The maximum atomic E-state index is 12.0. The fourth-order valence-corrected chi connectivity index (χ4v) is 2.71. The number of amides is 1. The Morgan fingerprint density at radius 2 is 2.21 bits per heavy atom. The van der Waals surface area contributed by atoms with E-state index in [2.05, 4.69) is 15.9 Å². The molecule has 1 aliphatic carbocycles. The number of halogens is 1. The monoisotopic (exact) mass is 327 g/mol. The highest BCUT2D eigenvalue weighted by Gasteiger charge is 2.28. The SMILES string of the molecule is CN(C(=O)/C=C/c1ccc(Br)o1)C1CCCCC1O. The van der Waals surface area contributed by atoms with Gasteiger partial charge in [0.05, 0.1) is 12.1 Å². The second-order valence-corrected chi connectivity index (χ2v) is 5.63. The van der Waals surface area contributed by atoms with Crippen molar-refractivity contribution in [3.05, 3.63) is 28.6 Å². The van der Waals surface area contributed by atoms with Crippen LogP contribution in [0.3, 0.4) is 0 Å². The molecule has 0 radical (unpaired) electrons. The normalized spacial score (nSPS) is 23.7. The molecule has 0 aliphatic heterocycles. The van der Waals surface area contributed by atoms with E-state index in [1.807, 2.05) is 0 Å². The second-order valence-electron chi connectivity index (χ2n) is 4.84. The molecule has 1 aliphatic rings. The Morgan fingerprint density at radius 1 is 1.47 bits per heavy atom. The highest BCUT2D eigenvalue weighted by Crippen LogP contribution is 2.22. The molecular weight excluding hydrogens is 310 g/mol. The van der Waals surface area contributed by atoms with Crippen molar-refractivity contribution in [2.75, 3.05) is 7.05 Å². The van der Waals surface area contributed by atoms with Crippen LogP contribution in [0.4, 0.5) is 0 Å². The first-order valence-electron chi connectivity index (χ1n) is 6.46. The van der Waals surface area contributed by atoms with Crippen LogP contribution in [0.2, 0.25) is 0 Å². The summed E-state index contributed by atoms with van der Waals surface area (Å²) in [6.07, 6.45) is 6.45. The van der Waals surface area contributed by atoms with Crippen molar-refractivity contribution in [1.29, 1.82) is 0 Å². The van der Waals surface area contributed by atoms with E-state index < -0.39 is 6.10 Å². The van der Waals surface area contributed by atoms with Crippen molar-refractivity contribution >= 4 is 27.9 Å². The van der Waals surface area contributed by atoms with Gasteiger partial charge in [-0.1, -0.05) is 12.8 Å². The topological polar surface area (TPSA) is 53.7 Å². The minimum absolute atomic E-state index is 0.0748. The molecule has 5 heteroatoms. The standard InChI is InChI=1S/C14H18BrNO3/c1-16(11-4-2-3-5-12(11)17)14(18)9-7-10-6-8-13(15)19-10/h6-9,11-12,17H,2-5H2,1H3/b9-7+. The van der Waals surface area contributed by atoms with Gasteiger partial charge >= 0.3 is 0 Å². The first-order valence-corrected chi connectivity index (χ1v) is 7.25. The van der Waals surface area contributed by atoms with Gasteiger partial charge in [-0.15, -0.1) is 0 Å². The van der Waals surface area contributed by atoms with Gasteiger partial charge in [-0.25, -0.2) is 0 Å². The number of hydrogen-bond donors (Lipinski definition) is 1. The van der Waals surface area contributed by atoms with E-state index in [1.165, 1.54) is 6.08 Å². The summed E-state index contributed by atoms with van der Waals surface area (Å²) >= 11 is 3.21. The van der Waals surface area contributed by atoms with Crippen molar-refractivity contribution in [2.45, 2.75) is 37.8 Å². The number of aliphatic hydroxyl groups excluding tert-OH is 1. The van der Waals surface area contributed by atoms with Gasteiger partial charge in [0, 0.05) is 13.1 Å². The maximum Gasteiger partial charge on any atom is 0.246 e. The molecule has 0 aromatic carbocycles. The van der Waals surface area contributed by atoms with Crippen molar-refractivity contribution in [1.82, 2.24) is 4.90 Å². The zero-order valence-corrected chi connectivity index (χ0v) is 12.5. The van der Waals surface area contributed by atoms with Crippen LogP contribution >= 0.6 is 15.9 Å². The zero-order valence-electron chi connectivity index (χ0n) is 10.9. The molecule has 19 heavy (non-hydrogen) atoms. The highest BCUT2D eigenvalue weighted by atomic mass is 79.9. The van der Waals surface area contributed by atoms with E-state index in [4.69, 9.17) is 4.42 Å². The zero-order chi connectivity index (χ0) is 13.8. The van der Waals surface area contributed by atoms with Gasteiger partial charge in [0.2, 0.25) is 5.91 Å². The Balaban J connectivity index is 1.97. The van der Waals surface area contributed by atoms with Gasteiger partial charge in [0.15, 0.2) is 4.67 Å². The number of hydrogen-bond acceptors (Lipinski definition) is 3. The van der Waals surface area contributed by atoms with Crippen LogP contribution in [-0.2, 0) is 4.79 Å². The fraction of sp³-hybridized carbons (Fsp3) is 0.500. The summed E-state index contributed by atoms with van der Waals surface area (Å²) in [6.45, 7) is 0. The molecular formula is C14H18BrNO3. The third kappa shape index (κ3) is 3.70. The van der Waals surface area contributed by atoms with E-state index in [0.717, 1.165) is 25.7 Å². The lowest BCUT2D eigenvalue weighted by molar-refractivity contribution is -0.130. The average molecular weight is 328 g/mol. The average Bonchev–Trinajstić information content (AvgIpc) is 2.81. The van der Waals surface area contributed by atoms with E-state index in [-0.39, 0.29) is 11.9 Å². The molecule has 2 rings (SSSR count). The fourth-order valence-electron chi connectivity index (χ4n) is 2.40. The quantitative estimate of drug-likeness (QED) is 0.868. The predicted molar refractivity (Wildman–Crippen MR) is 76.5 cm³/mol. The van der Waals surface area contributed by atoms with Gasteiger partial charge < -0.3 is 14.4 Å². The van der Waals surface area contributed by atoms with Crippen molar-refractivity contribution in [3.63, 3.8) is 0 Å². The van der Waals surface area contributed by atoms with Crippen molar-refractivity contribution in [2.24, 2.45) is 0 Å². The summed E-state index contributed by atoms with van der Waals surface area (Å²) in [6, 6.07) is 3.48. The Kier molecular flexibility index (Phi) is 4.82. The lowest BCUT2D eigenvalue weighted by atomic mass is 9.91. The third-order valence-electron chi connectivity index (χ3n) is 3.52. The first-order chi connectivity index (χ1) is 9.08. The smallest absolute Gasteiger partial charge is 0.246 e. The lowest BCUT2D eigenvalue weighted by Gasteiger charge is -2.34. The molecule has 1 aromatic heterocycles. The molecule has 104 valence electrons. The molecule has 1 fully saturated rings. The van der Waals surface area contributed by atoms with Crippen LogP contribution in [0.1, 0.15) is 31.4 Å². The summed E-state index contributed by atoms with van der Waals surface area (Å²) in [5, 5.41) is 9.93. The van der Waals surface area contributed by atoms with Crippen molar-refractivity contribution in [3.8, 4) is 0 Å². The number of likely N-dealkylation sites (N-methyl/N-ethyl adjacent to an activating group) is 1. The summed E-state index contributed by atoms with van der Waals surface area (Å²) in [5.74, 6) is 0.510. The molecule has 1 amide bonds. The minimum Gasteiger partial charge on any atom is -0.450 e. The van der Waals surface area contributed by atoms with Gasteiger partial charge in [-0.05, 0) is 47.0 Å². The van der Waals surface area contributed by atoms with Crippen LogP contribution < -0.4 is 0 Å². The third-order valence-corrected chi connectivity index (χ3v) is 3.95. The van der Waals surface area contributed by atoms with Gasteiger partial charge in [-0.3, -0.25) is 4.79 Å². The highest BCUT2D eigenvalue weighted by molar-refractivity contribution is 9.10.